The van der Waals surface area contributed by atoms with Gasteiger partial charge in [-0.25, -0.2) is 9.97 Å². The molecule has 0 spiro atoms. The Morgan fingerprint density at radius 1 is 1.06 bits per heavy atom. The Hall–Kier alpha value is -2.12. The Morgan fingerprint density at radius 2 is 1.84 bits per heavy atom. The number of aromatic nitrogens is 3. The zero-order valence-corrected chi connectivity index (χ0v) is 19.3. The molecule has 1 aliphatic carbocycles. The Bertz CT molecular complexity index is 832. The molecule has 4 rings (SSSR count). The maximum Gasteiger partial charge on any atom is 0.237 e. The highest BCUT2D eigenvalue weighted by Crippen LogP contribution is 2.30. The van der Waals surface area contributed by atoms with Gasteiger partial charge in [-0.1, -0.05) is 38.3 Å². The molecule has 1 saturated carbocycles. The summed E-state index contributed by atoms with van der Waals surface area (Å²) in [5.41, 5.74) is 1.14. The number of rotatable bonds is 7. The summed E-state index contributed by atoms with van der Waals surface area (Å²) in [6.45, 7) is 10.6. The van der Waals surface area contributed by atoms with E-state index >= 15 is 0 Å². The SMILES string of the molecule is CCN1CCN(c2ccc(Nc3ncc(Cl)c(OCC4CCC(C)CC4)n3)nc2)CC1. The first-order valence-corrected chi connectivity index (χ1v) is 11.8. The second-order valence-electron chi connectivity index (χ2n) is 8.73. The maximum atomic E-state index is 6.27. The summed E-state index contributed by atoms with van der Waals surface area (Å²) in [6, 6.07) is 4.05. The minimum absolute atomic E-state index is 0.434. The van der Waals surface area contributed by atoms with Gasteiger partial charge in [-0.3, -0.25) is 0 Å². The van der Waals surface area contributed by atoms with Crippen molar-refractivity contribution in [2.24, 2.45) is 11.8 Å². The molecular weight excluding hydrogens is 412 g/mol. The highest BCUT2D eigenvalue weighted by atomic mass is 35.5. The maximum absolute atomic E-state index is 6.27. The van der Waals surface area contributed by atoms with Gasteiger partial charge in [0.2, 0.25) is 11.8 Å². The standard InChI is InChI=1S/C23H33ClN6O/c1-3-29-10-12-30(13-11-29)19-8-9-21(25-14-19)27-23-26-15-20(24)22(28-23)31-16-18-6-4-17(2)5-7-18/h8-9,14-15,17-18H,3-7,10-13,16H2,1-2H3,(H,25,26,27,28). The van der Waals surface area contributed by atoms with Crippen molar-refractivity contribution in [1.82, 2.24) is 19.9 Å². The molecule has 1 saturated heterocycles. The molecule has 0 amide bonds. The van der Waals surface area contributed by atoms with Crippen LogP contribution in [0.3, 0.4) is 0 Å². The van der Waals surface area contributed by atoms with Gasteiger partial charge in [0.05, 0.1) is 24.7 Å². The van der Waals surface area contributed by atoms with Crippen LogP contribution in [0.4, 0.5) is 17.5 Å². The van der Waals surface area contributed by atoms with Gasteiger partial charge in [0.15, 0.2) is 0 Å². The third-order valence-electron chi connectivity index (χ3n) is 6.48. The van der Waals surface area contributed by atoms with Crippen molar-refractivity contribution in [3.63, 3.8) is 0 Å². The fraction of sp³-hybridized carbons (Fsp3) is 0.609. The number of piperazine rings is 1. The van der Waals surface area contributed by atoms with Crippen LogP contribution in [0.2, 0.25) is 5.02 Å². The molecule has 168 valence electrons. The van der Waals surface area contributed by atoms with E-state index in [-0.39, 0.29) is 0 Å². The normalized spacial score (nSPS) is 22.4. The van der Waals surface area contributed by atoms with E-state index in [9.17, 15) is 0 Å². The predicted molar refractivity (Wildman–Crippen MR) is 126 cm³/mol. The molecule has 0 radical (unpaired) electrons. The van der Waals surface area contributed by atoms with Crippen molar-refractivity contribution < 1.29 is 4.74 Å². The summed E-state index contributed by atoms with van der Waals surface area (Å²) in [7, 11) is 0. The lowest BCUT2D eigenvalue weighted by atomic mass is 9.83. The lowest BCUT2D eigenvalue weighted by molar-refractivity contribution is 0.183. The molecule has 0 aromatic carbocycles. The number of nitrogens with one attached hydrogen (secondary N) is 1. The summed E-state index contributed by atoms with van der Waals surface area (Å²) >= 11 is 6.27. The smallest absolute Gasteiger partial charge is 0.237 e. The number of likely N-dealkylation sites (N-methyl/N-ethyl adjacent to an activating group) is 1. The predicted octanol–water partition coefficient (Wildman–Crippen LogP) is 4.62. The molecular formula is C23H33ClN6O. The lowest BCUT2D eigenvalue weighted by Crippen LogP contribution is -2.46. The molecule has 31 heavy (non-hydrogen) atoms. The van der Waals surface area contributed by atoms with Gasteiger partial charge >= 0.3 is 0 Å². The quantitative estimate of drug-likeness (QED) is 0.668. The van der Waals surface area contributed by atoms with Gasteiger partial charge in [-0.2, -0.15) is 4.98 Å². The summed E-state index contributed by atoms with van der Waals surface area (Å²) in [5.74, 6) is 2.98. The number of hydrogen-bond acceptors (Lipinski definition) is 7. The average Bonchev–Trinajstić information content (AvgIpc) is 2.81. The van der Waals surface area contributed by atoms with Gasteiger partial charge in [-0.15, -0.1) is 0 Å². The fourth-order valence-corrected chi connectivity index (χ4v) is 4.44. The molecule has 7 nitrogen and oxygen atoms in total. The Labute approximate surface area is 190 Å². The molecule has 1 aliphatic heterocycles. The number of pyridine rings is 1. The van der Waals surface area contributed by atoms with E-state index in [1.54, 1.807) is 6.20 Å². The largest absolute Gasteiger partial charge is 0.476 e. The molecule has 2 fully saturated rings. The van der Waals surface area contributed by atoms with Crippen LogP contribution in [0, 0.1) is 11.8 Å². The van der Waals surface area contributed by atoms with Gasteiger partial charge in [-0.05, 0) is 43.4 Å². The molecule has 3 heterocycles. The highest BCUT2D eigenvalue weighted by Gasteiger charge is 2.20. The zero-order valence-electron chi connectivity index (χ0n) is 18.6. The monoisotopic (exact) mass is 444 g/mol. The van der Waals surface area contributed by atoms with Crippen molar-refractivity contribution in [2.75, 3.05) is 49.5 Å². The molecule has 2 aromatic rings. The van der Waals surface area contributed by atoms with Crippen LogP contribution in [0.25, 0.3) is 0 Å². The van der Waals surface area contributed by atoms with Crippen molar-refractivity contribution in [3.8, 4) is 5.88 Å². The first-order chi connectivity index (χ1) is 15.1. The van der Waals surface area contributed by atoms with Crippen molar-refractivity contribution in [2.45, 2.75) is 39.5 Å². The molecule has 2 aromatic heterocycles. The van der Waals surface area contributed by atoms with Crippen LogP contribution in [-0.2, 0) is 0 Å². The number of nitrogens with zero attached hydrogens (tertiary/aromatic N) is 5. The third-order valence-corrected chi connectivity index (χ3v) is 6.73. The van der Waals surface area contributed by atoms with Gasteiger partial charge < -0.3 is 19.9 Å². The lowest BCUT2D eigenvalue weighted by Gasteiger charge is -2.35. The van der Waals surface area contributed by atoms with Crippen molar-refractivity contribution in [3.05, 3.63) is 29.5 Å². The molecule has 0 unspecified atom stereocenters. The first-order valence-electron chi connectivity index (χ1n) is 11.5. The molecule has 8 heteroatoms. The number of hydrogen-bond donors (Lipinski definition) is 1. The Morgan fingerprint density at radius 3 is 2.52 bits per heavy atom. The van der Waals surface area contributed by atoms with Crippen LogP contribution in [0.15, 0.2) is 24.5 Å². The second kappa shape index (κ2) is 10.5. The van der Waals surface area contributed by atoms with Crippen LogP contribution < -0.4 is 15.0 Å². The molecule has 2 aliphatic rings. The first kappa shape index (κ1) is 22.1. The minimum Gasteiger partial charge on any atom is -0.476 e. The van der Waals surface area contributed by atoms with Crippen LogP contribution in [0.1, 0.15) is 39.5 Å². The highest BCUT2D eigenvalue weighted by molar-refractivity contribution is 6.31. The van der Waals surface area contributed by atoms with Crippen LogP contribution in [-0.4, -0.2) is 59.2 Å². The zero-order chi connectivity index (χ0) is 21.6. The van der Waals surface area contributed by atoms with Crippen molar-refractivity contribution in [1.29, 1.82) is 0 Å². The minimum atomic E-state index is 0.434. The number of halogens is 1. The van der Waals surface area contributed by atoms with Crippen LogP contribution >= 0.6 is 11.6 Å². The molecule has 0 bridgehead atoms. The van der Waals surface area contributed by atoms with Crippen LogP contribution in [0.5, 0.6) is 5.88 Å². The summed E-state index contributed by atoms with van der Waals surface area (Å²) < 4.78 is 5.95. The third kappa shape index (κ3) is 5.98. The van der Waals surface area contributed by atoms with E-state index in [1.165, 1.54) is 25.7 Å². The molecule has 0 atom stereocenters. The number of ether oxygens (including phenoxy) is 1. The Balaban J connectivity index is 1.33. The average molecular weight is 445 g/mol. The Kier molecular flexibility index (Phi) is 7.45. The van der Waals surface area contributed by atoms with E-state index in [4.69, 9.17) is 16.3 Å². The van der Waals surface area contributed by atoms with Gasteiger partial charge in [0.1, 0.15) is 10.8 Å². The van der Waals surface area contributed by atoms with E-state index in [2.05, 4.69) is 50.0 Å². The topological polar surface area (TPSA) is 66.4 Å². The van der Waals surface area contributed by atoms with E-state index < -0.39 is 0 Å². The van der Waals surface area contributed by atoms with E-state index in [0.29, 0.717) is 35.2 Å². The molecule has 1 N–H and O–H groups in total. The van der Waals surface area contributed by atoms with Gasteiger partial charge in [0, 0.05) is 26.2 Å². The number of anilines is 3. The summed E-state index contributed by atoms with van der Waals surface area (Å²) in [5, 5.41) is 3.60. The van der Waals surface area contributed by atoms with E-state index in [1.807, 2.05) is 12.3 Å². The van der Waals surface area contributed by atoms with E-state index in [0.717, 1.165) is 44.3 Å². The summed E-state index contributed by atoms with van der Waals surface area (Å²) in [6.07, 6.45) is 8.44. The second-order valence-corrected chi connectivity index (χ2v) is 9.14. The fourth-order valence-electron chi connectivity index (χ4n) is 4.29. The summed E-state index contributed by atoms with van der Waals surface area (Å²) in [4.78, 5) is 18.1. The van der Waals surface area contributed by atoms with Crippen molar-refractivity contribution >= 4 is 29.1 Å². The van der Waals surface area contributed by atoms with Gasteiger partial charge in [0.25, 0.3) is 0 Å².